The number of hydrogen-bond acceptors (Lipinski definition) is 3. The summed E-state index contributed by atoms with van der Waals surface area (Å²) in [5.74, 6) is 0.873. The molecule has 1 aromatic rings. The Morgan fingerprint density at radius 2 is 1.94 bits per heavy atom. The van der Waals surface area contributed by atoms with Gasteiger partial charge in [0, 0.05) is 12.5 Å². The SMILES string of the molecule is COCOCC(C)(C)c1cccc(OC)c1. The minimum atomic E-state index is -0.0485. The summed E-state index contributed by atoms with van der Waals surface area (Å²) in [5, 5.41) is 0. The van der Waals surface area contributed by atoms with E-state index in [0.29, 0.717) is 13.4 Å². The second-order valence-electron chi connectivity index (χ2n) is 4.37. The zero-order chi connectivity index (χ0) is 12.0. The van der Waals surface area contributed by atoms with Gasteiger partial charge in [-0.05, 0) is 17.7 Å². The van der Waals surface area contributed by atoms with Gasteiger partial charge in [0.25, 0.3) is 0 Å². The summed E-state index contributed by atoms with van der Waals surface area (Å²) in [6.45, 7) is 5.22. The minimum Gasteiger partial charge on any atom is -0.497 e. The van der Waals surface area contributed by atoms with Crippen molar-refractivity contribution in [3.63, 3.8) is 0 Å². The average molecular weight is 224 g/mol. The molecule has 0 atom stereocenters. The molecule has 1 aromatic carbocycles. The van der Waals surface area contributed by atoms with Gasteiger partial charge in [-0.1, -0.05) is 26.0 Å². The van der Waals surface area contributed by atoms with Crippen LogP contribution in [0.15, 0.2) is 24.3 Å². The van der Waals surface area contributed by atoms with Gasteiger partial charge in [0.2, 0.25) is 0 Å². The van der Waals surface area contributed by atoms with E-state index in [2.05, 4.69) is 19.9 Å². The second-order valence-corrected chi connectivity index (χ2v) is 4.37. The number of rotatable bonds is 6. The summed E-state index contributed by atoms with van der Waals surface area (Å²) < 4.78 is 15.5. The van der Waals surface area contributed by atoms with Crippen LogP contribution in [0.25, 0.3) is 0 Å². The van der Waals surface area contributed by atoms with Gasteiger partial charge in [-0.2, -0.15) is 0 Å². The summed E-state index contributed by atoms with van der Waals surface area (Å²) in [5.41, 5.74) is 1.15. The van der Waals surface area contributed by atoms with Crippen LogP contribution in [0, 0.1) is 0 Å². The highest BCUT2D eigenvalue weighted by Crippen LogP contribution is 2.26. The van der Waals surface area contributed by atoms with Gasteiger partial charge in [-0.25, -0.2) is 0 Å². The van der Waals surface area contributed by atoms with Crippen LogP contribution >= 0.6 is 0 Å². The number of ether oxygens (including phenoxy) is 3. The molecule has 0 fully saturated rings. The summed E-state index contributed by atoms with van der Waals surface area (Å²) in [6.07, 6.45) is 0. The third-order valence-electron chi connectivity index (χ3n) is 2.52. The minimum absolute atomic E-state index is 0.0485. The van der Waals surface area contributed by atoms with Crippen molar-refractivity contribution in [2.75, 3.05) is 27.6 Å². The van der Waals surface area contributed by atoms with Crippen LogP contribution in [0.1, 0.15) is 19.4 Å². The standard InChI is InChI=1S/C13H20O3/c1-13(2,9-16-10-14-3)11-6-5-7-12(8-11)15-4/h5-8H,9-10H2,1-4H3. The molecule has 0 aliphatic heterocycles. The van der Waals surface area contributed by atoms with Crippen molar-refractivity contribution >= 4 is 0 Å². The van der Waals surface area contributed by atoms with Crippen molar-refractivity contribution in [2.24, 2.45) is 0 Å². The fraction of sp³-hybridized carbons (Fsp3) is 0.538. The van der Waals surface area contributed by atoms with Crippen molar-refractivity contribution in [3.8, 4) is 5.75 Å². The summed E-state index contributed by atoms with van der Waals surface area (Å²) in [6, 6.07) is 8.05. The molecular weight excluding hydrogens is 204 g/mol. The van der Waals surface area contributed by atoms with Crippen molar-refractivity contribution in [1.29, 1.82) is 0 Å². The largest absolute Gasteiger partial charge is 0.497 e. The van der Waals surface area contributed by atoms with Gasteiger partial charge in [-0.3, -0.25) is 0 Å². The molecule has 0 spiro atoms. The topological polar surface area (TPSA) is 27.7 Å². The molecule has 0 aromatic heterocycles. The molecule has 16 heavy (non-hydrogen) atoms. The molecule has 0 bridgehead atoms. The summed E-state index contributed by atoms with van der Waals surface area (Å²) >= 11 is 0. The smallest absolute Gasteiger partial charge is 0.146 e. The molecule has 1 rings (SSSR count). The lowest BCUT2D eigenvalue weighted by Gasteiger charge is -2.25. The van der Waals surface area contributed by atoms with E-state index < -0.39 is 0 Å². The van der Waals surface area contributed by atoms with E-state index in [0.717, 1.165) is 5.75 Å². The highest BCUT2D eigenvalue weighted by molar-refractivity contribution is 5.33. The van der Waals surface area contributed by atoms with Crippen LogP contribution in [0.2, 0.25) is 0 Å². The molecule has 0 amide bonds. The third-order valence-corrected chi connectivity index (χ3v) is 2.52. The molecule has 0 radical (unpaired) electrons. The maximum atomic E-state index is 5.41. The fourth-order valence-corrected chi connectivity index (χ4v) is 1.51. The molecule has 90 valence electrons. The maximum Gasteiger partial charge on any atom is 0.146 e. The van der Waals surface area contributed by atoms with E-state index in [4.69, 9.17) is 14.2 Å². The maximum absolute atomic E-state index is 5.41. The number of methoxy groups -OCH3 is 2. The first-order chi connectivity index (χ1) is 7.60. The molecule has 0 saturated carbocycles. The van der Waals surface area contributed by atoms with Crippen LogP contribution in [0.5, 0.6) is 5.75 Å². The Morgan fingerprint density at radius 3 is 2.56 bits per heavy atom. The van der Waals surface area contributed by atoms with E-state index in [1.165, 1.54) is 5.56 Å². The first-order valence-electron chi connectivity index (χ1n) is 5.31. The highest BCUT2D eigenvalue weighted by Gasteiger charge is 2.21. The lowest BCUT2D eigenvalue weighted by Crippen LogP contribution is -2.24. The summed E-state index contributed by atoms with van der Waals surface area (Å²) in [7, 11) is 3.30. The summed E-state index contributed by atoms with van der Waals surface area (Å²) in [4.78, 5) is 0. The van der Waals surface area contributed by atoms with Crippen LogP contribution in [-0.4, -0.2) is 27.6 Å². The van der Waals surface area contributed by atoms with E-state index in [-0.39, 0.29) is 5.41 Å². The van der Waals surface area contributed by atoms with Gasteiger partial charge < -0.3 is 14.2 Å². The second kappa shape index (κ2) is 5.87. The average Bonchev–Trinajstić information content (AvgIpc) is 2.29. The molecule has 3 nitrogen and oxygen atoms in total. The van der Waals surface area contributed by atoms with Gasteiger partial charge in [0.05, 0.1) is 13.7 Å². The molecular formula is C13H20O3. The fourth-order valence-electron chi connectivity index (χ4n) is 1.51. The van der Waals surface area contributed by atoms with Crippen LogP contribution in [-0.2, 0) is 14.9 Å². The van der Waals surface area contributed by atoms with Crippen LogP contribution < -0.4 is 4.74 Å². The zero-order valence-corrected chi connectivity index (χ0v) is 10.4. The van der Waals surface area contributed by atoms with Crippen LogP contribution in [0.3, 0.4) is 0 Å². The first-order valence-corrected chi connectivity index (χ1v) is 5.31. The van der Waals surface area contributed by atoms with E-state index in [1.807, 2.05) is 18.2 Å². The van der Waals surface area contributed by atoms with Gasteiger partial charge in [0.1, 0.15) is 12.5 Å². The lowest BCUT2D eigenvalue weighted by molar-refractivity contribution is -0.0452. The Hall–Kier alpha value is -1.06. The highest BCUT2D eigenvalue weighted by atomic mass is 16.7. The molecule has 0 N–H and O–H groups in total. The quantitative estimate of drug-likeness (QED) is 0.549. The van der Waals surface area contributed by atoms with Crippen molar-refractivity contribution in [2.45, 2.75) is 19.3 Å². The third kappa shape index (κ3) is 3.51. The van der Waals surface area contributed by atoms with Crippen LogP contribution in [0.4, 0.5) is 0 Å². The number of hydrogen-bond donors (Lipinski definition) is 0. The van der Waals surface area contributed by atoms with Crippen molar-refractivity contribution in [1.82, 2.24) is 0 Å². The first kappa shape index (κ1) is 13.0. The molecule has 0 heterocycles. The Balaban J connectivity index is 2.72. The number of benzene rings is 1. The van der Waals surface area contributed by atoms with E-state index >= 15 is 0 Å². The van der Waals surface area contributed by atoms with E-state index in [9.17, 15) is 0 Å². The Kier molecular flexibility index (Phi) is 4.77. The predicted molar refractivity (Wildman–Crippen MR) is 63.8 cm³/mol. The molecule has 0 aliphatic carbocycles. The Morgan fingerprint density at radius 1 is 1.19 bits per heavy atom. The normalized spacial score (nSPS) is 11.5. The Bertz CT molecular complexity index is 321. The van der Waals surface area contributed by atoms with Gasteiger partial charge in [0.15, 0.2) is 0 Å². The van der Waals surface area contributed by atoms with Gasteiger partial charge in [-0.15, -0.1) is 0 Å². The van der Waals surface area contributed by atoms with Gasteiger partial charge >= 0.3 is 0 Å². The van der Waals surface area contributed by atoms with E-state index in [1.54, 1.807) is 14.2 Å². The molecule has 0 aliphatic rings. The van der Waals surface area contributed by atoms with Crippen molar-refractivity contribution < 1.29 is 14.2 Å². The molecule has 0 saturated heterocycles. The lowest BCUT2D eigenvalue weighted by atomic mass is 9.85. The predicted octanol–water partition coefficient (Wildman–Crippen LogP) is 2.59. The Labute approximate surface area is 97.3 Å². The van der Waals surface area contributed by atoms with Crippen molar-refractivity contribution in [3.05, 3.63) is 29.8 Å². The monoisotopic (exact) mass is 224 g/mol. The molecule has 3 heteroatoms. The molecule has 0 unspecified atom stereocenters. The zero-order valence-electron chi connectivity index (χ0n) is 10.4.